The molecule has 2 aromatic carbocycles. The van der Waals surface area contributed by atoms with Crippen molar-refractivity contribution in [3.05, 3.63) is 65.4 Å². The van der Waals surface area contributed by atoms with Crippen LogP contribution in [-0.2, 0) is 17.6 Å². The van der Waals surface area contributed by atoms with Crippen molar-refractivity contribution in [1.82, 2.24) is 4.57 Å². The molecule has 1 heterocycles. The lowest BCUT2D eigenvalue weighted by atomic mass is 9.86. The highest BCUT2D eigenvalue weighted by atomic mass is 16.5. The molecule has 1 unspecified atom stereocenters. The van der Waals surface area contributed by atoms with Crippen molar-refractivity contribution >= 4 is 22.8 Å². The predicted octanol–water partition coefficient (Wildman–Crippen LogP) is 3.53. The van der Waals surface area contributed by atoms with Gasteiger partial charge in [0.2, 0.25) is 0 Å². The Balaban J connectivity index is 1.93. The first-order chi connectivity index (χ1) is 12.6. The van der Waals surface area contributed by atoms with E-state index in [0.29, 0.717) is 30.6 Å². The number of hydrogen-bond donors (Lipinski definition) is 1. The van der Waals surface area contributed by atoms with Crippen LogP contribution in [-0.4, -0.2) is 28.7 Å². The second-order valence-corrected chi connectivity index (χ2v) is 6.59. The van der Waals surface area contributed by atoms with Crippen LogP contribution in [0.4, 0.5) is 0 Å². The van der Waals surface area contributed by atoms with Crippen LogP contribution >= 0.6 is 0 Å². The third-order valence-corrected chi connectivity index (χ3v) is 5.14. The van der Waals surface area contributed by atoms with E-state index < -0.39 is 11.9 Å². The maximum absolute atomic E-state index is 13.2. The van der Waals surface area contributed by atoms with E-state index in [2.05, 4.69) is 0 Å². The molecule has 0 saturated carbocycles. The molecule has 0 amide bonds. The van der Waals surface area contributed by atoms with Crippen LogP contribution in [0.3, 0.4) is 0 Å². The summed E-state index contributed by atoms with van der Waals surface area (Å²) in [6, 6.07) is 14.8. The second-order valence-electron chi connectivity index (χ2n) is 6.59. The molecule has 1 aliphatic rings. The molecule has 5 heteroatoms. The minimum atomic E-state index is -0.783. The van der Waals surface area contributed by atoms with E-state index in [9.17, 15) is 14.7 Å². The highest BCUT2D eigenvalue weighted by Crippen LogP contribution is 2.36. The van der Waals surface area contributed by atoms with E-state index in [0.717, 1.165) is 22.2 Å². The average molecular weight is 349 g/mol. The molecule has 1 aromatic heterocycles. The predicted molar refractivity (Wildman–Crippen MR) is 97.8 cm³/mol. The number of carboxylic acid groups (broad SMARTS) is 1. The minimum absolute atomic E-state index is 0.0872. The van der Waals surface area contributed by atoms with Crippen LogP contribution in [0.25, 0.3) is 10.9 Å². The van der Waals surface area contributed by atoms with E-state index in [4.69, 9.17) is 4.74 Å². The lowest BCUT2D eigenvalue weighted by molar-refractivity contribution is -0.142. The first-order valence-corrected chi connectivity index (χ1v) is 8.63. The zero-order valence-electron chi connectivity index (χ0n) is 14.4. The topological polar surface area (TPSA) is 68.5 Å². The molecule has 1 N–H and O–H groups in total. The van der Waals surface area contributed by atoms with Gasteiger partial charge in [-0.1, -0.05) is 18.2 Å². The molecule has 1 atom stereocenters. The van der Waals surface area contributed by atoms with Gasteiger partial charge in [-0.2, -0.15) is 0 Å². The molecule has 0 fully saturated rings. The molecule has 0 saturated heterocycles. The van der Waals surface area contributed by atoms with Gasteiger partial charge in [-0.05, 0) is 55.2 Å². The molecule has 3 aromatic rings. The van der Waals surface area contributed by atoms with Gasteiger partial charge in [0.15, 0.2) is 0 Å². The highest BCUT2D eigenvalue weighted by Gasteiger charge is 2.31. The maximum atomic E-state index is 13.2. The van der Waals surface area contributed by atoms with Crippen molar-refractivity contribution < 1.29 is 19.4 Å². The van der Waals surface area contributed by atoms with E-state index in [1.54, 1.807) is 23.8 Å². The standard InChI is InChI=1S/C21H19NO4/c1-26-15-8-10-19-17(12-15)16-11-14(21(24)25)7-9-18(16)22(19)20(23)13-5-3-2-4-6-13/h2-6,8,10,12,14H,7,9,11H2,1H3,(H,24,25). The number of carboxylic acids is 1. The minimum Gasteiger partial charge on any atom is -0.497 e. The number of rotatable bonds is 3. The summed E-state index contributed by atoms with van der Waals surface area (Å²) in [6.45, 7) is 0. The second kappa shape index (κ2) is 6.33. The van der Waals surface area contributed by atoms with Gasteiger partial charge in [0.05, 0.1) is 18.5 Å². The molecule has 1 aliphatic carbocycles. The van der Waals surface area contributed by atoms with Crippen LogP contribution in [0.1, 0.15) is 28.0 Å². The lowest BCUT2D eigenvalue weighted by Crippen LogP contribution is -2.24. The van der Waals surface area contributed by atoms with Crippen molar-refractivity contribution in [2.45, 2.75) is 19.3 Å². The van der Waals surface area contributed by atoms with E-state index >= 15 is 0 Å². The zero-order chi connectivity index (χ0) is 18.3. The quantitative estimate of drug-likeness (QED) is 0.785. The monoisotopic (exact) mass is 349 g/mol. The van der Waals surface area contributed by atoms with Crippen molar-refractivity contribution in [1.29, 1.82) is 0 Å². The van der Waals surface area contributed by atoms with Gasteiger partial charge in [-0.15, -0.1) is 0 Å². The lowest BCUT2D eigenvalue weighted by Gasteiger charge is -2.20. The van der Waals surface area contributed by atoms with Crippen molar-refractivity contribution in [3.8, 4) is 5.75 Å². The van der Waals surface area contributed by atoms with Gasteiger partial charge < -0.3 is 9.84 Å². The molecule has 5 nitrogen and oxygen atoms in total. The fraction of sp³-hybridized carbons (Fsp3) is 0.238. The Hall–Kier alpha value is -3.08. The summed E-state index contributed by atoms with van der Waals surface area (Å²) in [5, 5.41) is 10.3. The molecule has 0 bridgehead atoms. The average Bonchev–Trinajstić information content (AvgIpc) is 3.00. The molecular weight excluding hydrogens is 330 g/mol. The summed E-state index contributed by atoms with van der Waals surface area (Å²) in [5.74, 6) is -0.591. The molecule has 132 valence electrons. The Morgan fingerprint density at radius 3 is 2.62 bits per heavy atom. The SMILES string of the molecule is COc1ccc2c(c1)c1c(n2C(=O)c2ccccc2)CCC(C(=O)O)C1. The molecule has 0 radical (unpaired) electrons. The number of benzene rings is 2. The summed E-state index contributed by atoms with van der Waals surface area (Å²) in [7, 11) is 1.60. The molecule has 26 heavy (non-hydrogen) atoms. The fourth-order valence-electron chi connectivity index (χ4n) is 3.82. The van der Waals surface area contributed by atoms with Gasteiger partial charge in [0.1, 0.15) is 5.75 Å². The van der Waals surface area contributed by atoms with Crippen LogP contribution in [0.2, 0.25) is 0 Å². The normalized spacial score (nSPS) is 16.3. The molecule has 0 spiro atoms. The van der Waals surface area contributed by atoms with Gasteiger partial charge in [-0.3, -0.25) is 14.2 Å². The summed E-state index contributed by atoms with van der Waals surface area (Å²) < 4.78 is 7.08. The van der Waals surface area contributed by atoms with Crippen molar-refractivity contribution in [2.24, 2.45) is 5.92 Å². The van der Waals surface area contributed by atoms with E-state index in [-0.39, 0.29) is 5.91 Å². The Morgan fingerprint density at radius 1 is 1.15 bits per heavy atom. The van der Waals surface area contributed by atoms with Crippen molar-refractivity contribution in [3.63, 3.8) is 0 Å². The highest BCUT2D eigenvalue weighted by molar-refractivity contribution is 6.04. The maximum Gasteiger partial charge on any atom is 0.306 e. The number of methoxy groups -OCH3 is 1. The van der Waals surface area contributed by atoms with Crippen molar-refractivity contribution in [2.75, 3.05) is 7.11 Å². The van der Waals surface area contributed by atoms with Crippen LogP contribution < -0.4 is 4.74 Å². The third-order valence-electron chi connectivity index (χ3n) is 5.14. The van der Waals surface area contributed by atoms with Gasteiger partial charge in [0, 0.05) is 16.6 Å². The Morgan fingerprint density at radius 2 is 1.92 bits per heavy atom. The Bertz CT molecular complexity index is 1000. The van der Waals surface area contributed by atoms with Gasteiger partial charge >= 0.3 is 5.97 Å². The summed E-state index contributed by atoms with van der Waals surface area (Å²) >= 11 is 0. The summed E-state index contributed by atoms with van der Waals surface area (Å²) in [5.41, 5.74) is 3.28. The van der Waals surface area contributed by atoms with Crippen LogP contribution in [0.15, 0.2) is 48.5 Å². The number of hydrogen-bond acceptors (Lipinski definition) is 3. The van der Waals surface area contributed by atoms with Gasteiger partial charge in [0.25, 0.3) is 5.91 Å². The number of aromatic nitrogens is 1. The Labute approximate surface area is 150 Å². The summed E-state index contributed by atoms with van der Waals surface area (Å²) in [6.07, 6.45) is 1.54. The molecule has 0 aliphatic heterocycles. The largest absolute Gasteiger partial charge is 0.497 e. The van der Waals surface area contributed by atoms with Crippen LogP contribution in [0.5, 0.6) is 5.75 Å². The first kappa shape index (κ1) is 16.4. The fourth-order valence-corrected chi connectivity index (χ4v) is 3.82. The van der Waals surface area contributed by atoms with E-state index in [1.165, 1.54) is 0 Å². The number of ether oxygens (including phenoxy) is 1. The Kier molecular flexibility index (Phi) is 3.99. The molecular formula is C21H19NO4. The number of aliphatic carboxylic acids is 1. The van der Waals surface area contributed by atoms with Gasteiger partial charge in [-0.25, -0.2) is 0 Å². The zero-order valence-corrected chi connectivity index (χ0v) is 14.4. The molecule has 4 rings (SSSR count). The first-order valence-electron chi connectivity index (χ1n) is 8.63. The van der Waals surface area contributed by atoms with E-state index in [1.807, 2.05) is 36.4 Å². The smallest absolute Gasteiger partial charge is 0.306 e. The number of fused-ring (bicyclic) bond motifs is 3. The summed E-state index contributed by atoms with van der Waals surface area (Å²) in [4.78, 5) is 24.7. The third kappa shape index (κ3) is 2.56. The number of carbonyl (C=O) groups is 2. The van der Waals surface area contributed by atoms with Crippen LogP contribution in [0, 0.1) is 5.92 Å². The number of nitrogens with zero attached hydrogens (tertiary/aromatic N) is 1. The number of carbonyl (C=O) groups excluding carboxylic acids is 1.